The van der Waals surface area contributed by atoms with Gasteiger partial charge >= 0.3 is 0 Å². The van der Waals surface area contributed by atoms with E-state index >= 15 is 0 Å². The third kappa shape index (κ3) is 4.71. The molecular weight excluding hydrogens is 402 g/mol. The second-order valence-corrected chi connectivity index (χ2v) is 8.10. The zero-order valence-corrected chi connectivity index (χ0v) is 19.0. The summed E-state index contributed by atoms with van der Waals surface area (Å²) in [6.45, 7) is 7.66. The van der Waals surface area contributed by atoms with Gasteiger partial charge in [-0.05, 0) is 49.7 Å². The molecule has 168 valence electrons. The summed E-state index contributed by atoms with van der Waals surface area (Å²) >= 11 is 0. The lowest BCUT2D eigenvalue weighted by Gasteiger charge is -2.35. The second kappa shape index (κ2) is 10.0. The van der Waals surface area contributed by atoms with E-state index in [4.69, 9.17) is 9.47 Å². The van der Waals surface area contributed by atoms with Gasteiger partial charge in [-0.1, -0.05) is 30.3 Å². The number of aromatic nitrogens is 1. The fraction of sp³-hybridized carbons (Fsp3) is 0.346. The van der Waals surface area contributed by atoms with Gasteiger partial charge in [0.25, 0.3) is 5.91 Å². The Bertz CT molecular complexity index is 1040. The highest BCUT2D eigenvalue weighted by Gasteiger charge is 2.24. The minimum absolute atomic E-state index is 0.0490. The van der Waals surface area contributed by atoms with Gasteiger partial charge in [-0.2, -0.15) is 0 Å². The standard InChI is InChI=1S/C26H31N3O3/c1-19-17-24(20(2)29(19)22-7-5-4-6-8-22)26(30)27-18-25(28-13-15-32-16-14-28)21-9-11-23(31-3)12-10-21/h4-12,17,25H,13-16,18H2,1-3H3,(H,27,30). The molecule has 4 rings (SSSR count). The fourth-order valence-corrected chi connectivity index (χ4v) is 4.42. The molecule has 1 N–H and O–H groups in total. The molecule has 1 atom stereocenters. The van der Waals surface area contributed by atoms with Gasteiger partial charge < -0.3 is 19.4 Å². The van der Waals surface area contributed by atoms with Gasteiger partial charge in [0, 0.05) is 36.7 Å². The smallest absolute Gasteiger partial charge is 0.253 e. The minimum Gasteiger partial charge on any atom is -0.497 e. The summed E-state index contributed by atoms with van der Waals surface area (Å²) in [5, 5.41) is 3.19. The Labute approximate surface area is 189 Å². The molecule has 1 amide bonds. The Kier molecular flexibility index (Phi) is 6.93. The first-order valence-corrected chi connectivity index (χ1v) is 11.1. The second-order valence-electron chi connectivity index (χ2n) is 8.10. The zero-order chi connectivity index (χ0) is 22.5. The number of ether oxygens (including phenoxy) is 2. The van der Waals surface area contributed by atoms with E-state index < -0.39 is 0 Å². The predicted octanol–water partition coefficient (Wildman–Crippen LogP) is 3.91. The van der Waals surface area contributed by atoms with Gasteiger partial charge in [0.05, 0.1) is 31.9 Å². The van der Waals surface area contributed by atoms with E-state index in [1.165, 1.54) is 0 Å². The van der Waals surface area contributed by atoms with Crippen molar-refractivity contribution in [3.63, 3.8) is 0 Å². The Hall–Kier alpha value is -3.09. The van der Waals surface area contributed by atoms with Crippen LogP contribution in [0.3, 0.4) is 0 Å². The van der Waals surface area contributed by atoms with E-state index in [9.17, 15) is 4.79 Å². The highest BCUT2D eigenvalue weighted by atomic mass is 16.5. The molecule has 1 fully saturated rings. The van der Waals surface area contributed by atoms with E-state index in [2.05, 4.69) is 39.0 Å². The van der Waals surface area contributed by atoms with E-state index in [1.54, 1.807) is 7.11 Å². The van der Waals surface area contributed by atoms with Crippen LogP contribution in [-0.4, -0.2) is 55.3 Å². The highest BCUT2D eigenvalue weighted by molar-refractivity contribution is 5.96. The Morgan fingerprint density at radius 3 is 2.41 bits per heavy atom. The van der Waals surface area contributed by atoms with Crippen molar-refractivity contribution in [2.45, 2.75) is 19.9 Å². The molecule has 0 aliphatic carbocycles. The number of para-hydroxylation sites is 1. The number of hydrogen-bond donors (Lipinski definition) is 1. The summed E-state index contributed by atoms with van der Waals surface area (Å²) in [5.41, 5.74) is 4.91. The largest absolute Gasteiger partial charge is 0.497 e. The molecule has 0 bridgehead atoms. The summed E-state index contributed by atoms with van der Waals surface area (Å²) in [4.78, 5) is 15.6. The zero-order valence-electron chi connectivity index (χ0n) is 19.0. The van der Waals surface area contributed by atoms with Crippen LogP contribution in [0.4, 0.5) is 0 Å². The predicted molar refractivity (Wildman–Crippen MR) is 126 cm³/mol. The van der Waals surface area contributed by atoms with Crippen molar-refractivity contribution in [3.8, 4) is 11.4 Å². The molecule has 1 unspecified atom stereocenters. The normalized spacial score (nSPS) is 15.3. The van der Waals surface area contributed by atoms with Gasteiger partial charge in [0.15, 0.2) is 0 Å². The molecule has 1 saturated heterocycles. The first-order valence-electron chi connectivity index (χ1n) is 11.1. The quantitative estimate of drug-likeness (QED) is 0.614. The van der Waals surface area contributed by atoms with Crippen molar-refractivity contribution >= 4 is 5.91 Å². The van der Waals surface area contributed by atoms with Crippen LogP contribution in [0.2, 0.25) is 0 Å². The van der Waals surface area contributed by atoms with Crippen LogP contribution in [0.15, 0.2) is 60.7 Å². The molecule has 32 heavy (non-hydrogen) atoms. The number of aryl methyl sites for hydroxylation is 1. The summed E-state index contributed by atoms with van der Waals surface area (Å²) < 4.78 is 13.0. The van der Waals surface area contributed by atoms with Gasteiger partial charge in [0.2, 0.25) is 0 Å². The van der Waals surface area contributed by atoms with Crippen molar-refractivity contribution in [3.05, 3.63) is 83.2 Å². The van der Waals surface area contributed by atoms with Crippen molar-refractivity contribution in [2.24, 2.45) is 0 Å². The molecule has 0 saturated carbocycles. The maximum Gasteiger partial charge on any atom is 0.253 e. The lowest BCUT2D eigenvalue weighted by molar-refractivity contribution is 0.0162. The van der Waals surface area contributed by atoms with Crippen LogP contribution in [0.25, 0.3) is 5.69 Å². The van der Waals surface area contributed by atoms with E-state index in [1.807, 2.05) is 50.2 Å². The Balaban J connectivity index is 1.53. The van der Waals surface area contributed by atoms with Crippen molar-refractivity contribution in [1.29, 1.82) is 0 Å². The van der Waals surface area contributed by atoms with E-state index in [0.717, 1.165) is 41.5 Å². The molecule has 1 aliphatic rings. The number of amides is 1. The number of hydrogen-bond acceptors (Lipinski definition) is 4. The maximum absolute atomic E-state index is 13.2. The van der Waals surface area contributed by atoms with Gasteiger partial charge in [-0.25, -0.2) is 0 Å². The molecule has 6 heteroatoms. The molecule has 1 aliphatic heterocycles. The van der Waals surface area contributed by atoms with Gasteiger partial charge in [-0.3, -0.25) is 9.69 Å². The third-order valence-electron chi connectivity index (χ3n) is 6.13. The monoisotopic (exact) mass is 433 g/mol. The summed E-state index contributed by atoms with van der Waals surface area (Å²) in [6, 6.07) is 20.3. The van der Waals surface area contributed by atoms with Crippen LogP contribution >= 0.6 is 0 Å². The van der Waals surface area contributed by atoms with Crippen molar-refractivity contribution in [2.75, 3.05) is 40.0 Å². The lowest BCUT2D eigenvalue weighted by Crippen LogP contribution is -2.43. The van der Waals surface area contributed by atoms with E-state index in [-0.39, 0.29) is 11.9 Å². The number of nitrogens with zero attached hydrogens (tertiary/aromatic N) is 2. The molecule has 2 heterocycles. The number of morpholine rings is 1. The Morgan fingerprint density at radius 2 is 1.75 bits per heavy atom. The highest BCUT2D eigenvalue weighted by Crippen LogP contribution is 2.25. The van der Waals surface area contributed by atoms with Crippen LogP contribution < -0.4 is 10.1 Å². The first kappa shape index (κ1) is 22.1. The van der Waals surface area contributed by atoms with Gasteiger partial charge in [-0.15, -0.1) is 0 Å². The molecule has 6 nitrogen and oxygen atoms in total. The number of carbonyl (C=O) groups is 1. The van der Waals surface area contributed by atoms with E-state index in [0.29, 0.717) is 25.3 Å². The summed E-state index contributed by atoms with van der Waals surface area (Å²) in [7, 11) is 1.67. The number of rotatable bonds is 7. The third-order valence-corrected chi connectivity index (χ3v) is 6.13. The summed E-state index contributed by atoms with van der Waals surface area (Å²) in [6.07, 6.45) is 0. The number of methoxy groups -OCH3 is 1. The fourth-order valence-electron chi connectivity index (χ4n) is 4.42. The van der Waals surface area contributed by atoms with Crippen LogP contribution in [0, 0.1) is 13.8 Å². The van der Waals surface area contributed by atoms with Crippen LogP contribution in [0.5, 0.6) is 5.75 Å². The molecule has 0 radical (unpaired) electrons. The van der Waals surface area contributed by atoms with Crippen LogP contribution in [-0.2, 0) is 4.74 Å². The number of benzene rings is 2. The SMILES string of the molecule is COc1ccc(C(CNC(=O)c2cc(C)n(-c3ccccc3)c2C)N2CCOCC2)cc1. The van der Waals surface area contributed by atoms with Crippen molar-refractivity contribution < 1.29 is 14.3 Å². The molecule has 3 aromatic rings. The molecule has 1 aromatic heterocycles. The topological polar surface area (TPSA) is 55.7 Å². The number of carbonyl (C=O) groups excluding carboxylic acids is 1. The first-order chi connectivity index (χ1) is 15.6. The van der Waals surface area contributed by atoms with Crippen LogP contribution in [0.1, 0.15) is 33.4 Å². The summed E-state index contributed by atoms with van der Waals surface area (Å²) in [5.74, 6) is 0.777. The maximum atomic E-state index is 13.2. The average Bonchev–Trinajstić information content (AvgIpc) is 3.14. The number of nitrogens with one attached hydrogen (secondary N) is 1. The average molecular weight is 434 g/mol. The molecule has 2 aromatic carbocycles. The molecular formula is C26H31N3O3. The van der Waals surface area contributed by atoms with Gasteiger partial charge in [0.1, 0.15) is 5.75 Å². The molecule has 0 spiro atoms. The lowest BCUT2D eigenvalue weighted by atomic mass is 10.0. The van der Waals surface area contributed by atoms with Crippen molar-refractivity contribution in [1.82, 2.24) is 14.8 Å². The Morgan fingerprint density at radius 1 is 1.06 bits per heavy atom. The minimum atomic E-state index is -0.0490.